The van der Waals surface area contributed by atoms with Crippen LogP contribution >= 0.6 is 0 Å². The standard InChI is InChI=1S/C26H28N2O/c29-26(28-16-6-11-21-8-2-4-13-25(21)28)22-14-17-27(18-15-22)19-23-10-5-9-20-7-1-3-12-24(20)23/h1-5,7-10,12-13,22H,6,11,14-19H2. The topological polar surface area (TPSA) is 23.6 Å². The lowest BCUT2D eigenvalue weighted by Crippen LogP contribution is -2.44. The van der Waals surface area contributed by atoms with Crippen LogP contribution in [0.2, 0.25) is 0 Å². The quantitative estimate of drug-likeness (QED) is 0.632. The van der Waals surface area contributed by atoms with Gasteiger partial charge in [0.15, 0.2) is 0 Å². The second-order valence-electron chi connectivity index (χ2n) is 8.41. The number of piperidine rings is 1. The number of carbonyl (C=O) groups excluding carboxylic acids is 1. The van der Waals surface area contributed by atoms with Crippen LogP contribution in [-0.2, 0) is 17.8 Å². The van der Waals surface area contributed by atoms with Gasteiger partial charge in [0, 0.05) is 24.7 Å². The van der Waals surface area contributed by atoms with Gasteiger partial charge >= 0.3 is 0 Å². The molecule has 2 aliphatic rings. The zero-order valence-corrected chi connectivity index (χ0v) is 16.9. The minimum absolute atomic E-state index is 0.157. The van der Waals surface area contributed by atoms with E-state index >= 15 is 0 Å². The maximum absolute atomic E-state index is 13.3. The van der Waals surface area contributed by atoms with Crippen LogP contribution in [-0.4, -0.2) is 30.4 Å². The highest BCUT2D eigenvalue weighted by molar-refractivity contribution is 5.96. The molecule has 1 fully saturated rings. The van der Waals surface area contributed by atoms with Crippen molar-refractivity contribution in [3.05, 3.63) is 77.9 Å². The molecule has 3 aromatic rings. The summed E-state index contributed by atoms with van der Waals surface area (Å²) in [6.07, 6.45) is 4.08. The first-order chi connectivity index (χ1) is 14.3. The predicted octanol–water partition coefficient (Wildman–Crippen LogP) is 5.03. The smallest absolute Gasteiger partial charge is 0.230 e. The molecule has 0 spiro atoms. The number of likely N-dealkylation sites (tertiary alicyclic amines) is 1. The molecule has 0 bridgehead atoms. The van der Waals surface area contributed by atoms with E-state index in [1.54, 1.807) is 0 Å². The molecule has 1 saturated heterocycles. The molecule has 0 N–H and O–H groups in total. The minimum Gasteiger partial charge on any atom is -0.312 e. The predicted molar refractivity (Wildman–Crippen MR) is 119 cm³/mol. The number of benzene rings is 3. The maximum atomic E-state index is 13.3. The van der Waals surface area contributed by atoms with Gasteiger partial charge in [-0.15, -0.1) is 0 Å². The summed E-state index contributed by atoms with van der Waals surface area (Å²) in [7, 11) is 0. The molecule has 3 heteroatoms. The zero-order valence-electron chi connectivity index (χ0n) is 16.9. The molecule has 0 unspecified atom stereocenters. The monoisotopic (exact) mass is 384 g/mol. The van der Waals surface area contributed by atoms with E-state index in [9.17, 15) is 4.79 Å². The Balaban J connectivity index is 1.25. The van der Waals surface area contributed by atoms with Crippen LogP contribution in [0.4, 0.5) is 5.69 Å². The van der Waals surface area contributed by atoms with E-state index in [2.05, 4.69) is 76.5 Å². The zero-order chi connectivity index (χ0) is 19.6. The van der Waals surface area contributed by atoms with Crippen molar-refractivity contribution in [2.45, 2.75) is 32.2 Å². The van der Waals surface area contributed by atoms with Crippen molar-refractivity contribution >= 4 is 22.4 Å². The van der Waals surface area contributed by atoms with Crippen LogP contribution in [0.15, 0.2) is 66.7 Å². The van der Waals surface area contributed by atoms with E-state index in [-0.39, 0.29) is 5.92 Å². The second-order valence-corrected chi connectivity index (χ2v) is 8.41. The summed E-state index contributed by atoms with van der Waals surface area (Å²) < 4.78 is 0. The van der Waals surface area contributed by atoms with Crippen LogP contribution in [0.3, 0.4) is 0 Å². The van der Waals surface area contributed by atoms with Gasteiger partial charge in [0.2, 0.25) is 5.91 Å². The number of hydrogen-bond acceptors (Lipinski definition) is 2. The SMILES string of the molecule is O=C(C1CCN(Cc2cccc3ccccc23)CC1)N1CCCc2ccccc21. The second kappa shape index (κ2) is 8.00. The van der Waals surface area contributed by atoms with Gasteiger partial charge in [-0.3, -0.25) is 9.69 Å². The summed E-state index contributed by atoms with van der Waals surface area (Å²) in [6, 6.07) is 23.6. The van der Waals surface area contributed by atoms with Crippen LogP contribution < -0.4 is 4.90 Å². The Kier molecular flexibility index (Phi) is 5.07. The number of anilines is 1. The number of para-hydroxylation sites is 1. The van der Waals surface area contributed by atoms with E-state index in [0.29, 0.717) is 5.91 Å². The number of aryl methyl sites for hydroxylation is 1. The first-order valence-electron chi connectivity index (χ1n) is 10.9. The van der Waals surface area contributed by atoms with Crippen LogP contribution in [0.1, 0.15) is 30.4 Å². The van der Waals surface area contributed by atoms with Gasteiger partial charge in [-0.2, -0.15) is 0 Å². The van der Waals surface area contributed by atoms with Crippen molar-refractivity contribution < 1.29 is 4.79 Å². The molecular weight excluding hydrogens is 356 g/mol. The average molecular weight is 385 g/mol. The Morgan fingerprint density at radius 3 is 2.52 bits per heavy atom. The summed E-state index contributed by atoms with van der Waals surface area (Å²) in [6.45, 7) is 3.82. The van der Waals surface area contributed by atoms with Gasteiger partial charge in [-0.25, -0.2) is 0 Å². The third kappa shape index (κ3) is 3.67. The van der Waals surface area contributed by atoms with Gasteiger partial charge in [-0.05, 0) is 66.7 Å². The fourth-order valence-corrected chi connectivity index (χ4v) is 4.99. The average Bonchev–Trinajstić information content (AvgIpc) is 2.79. The van der Waals surface area contributed by atoms with Gasteiger partial charge in [-0.1, -0.05) is 60.7 Å². The molecule has 0 aromatic heterocycles. The van der Waals surface area contributed by atoms with Crippen molar-refractivity contribution in [2.75, 3.05) is 24.5 Å². The minimum atomic E-state index is 0.157. The maximum Gasteiger partial charge on any atom is 0.230 e. The molecule has 0 radical (unpaired) electrons. The normalized spacial score (nSPS) is 18.0. The van der Waals surface area contributed by atoms with Crippen molar-refractivity contribution in [1.82, 2.24) is 4.90 Å². The molecule has 0 aliphatic carbocycles. The van der Waals surface area contributed by atoms with Crippen molar-refractivity contribution in [3.8, 4) is 0 Å². The third-order valence-corrected chi connectivity index (χ3v) is 6.59. The highest BCUT2D eigenvalue weighted by atomic mass is 16.2. The first kappa shape index (κ1) is 18.4. The highest BCUT2D eigenvalue weighted by Gasteiger charge is 2.31. The number of rotatable bonds is 3. The number of nitrogens with zero attached hydrogens (tertiary/aromatic N) is 2. The lowest BCUT2D eigenvalue weighted by Gasteiger charge is -2.36. The Morgan fingerprint density at radius 1 is 0.862 bits per heavy atom. The molecule has 1 amide bonds. The Bertz CT molecular complexity index is 1010. The van der Waals surface area contributed by atoms with Crippen molar-refractivity contribution in [3.63, 3.8) is 0 Å². The molecule has 29 heavy (non-hydrogen) atoms. The number of amides is 1. The number of fused-ring (bicyclic) bond motifs is 2. The number of carbonyl (C=O) groups is 1. The van der Waals surface area contributed by atoms with Crippen LogP contribution in [0, 0.1) is 5.92 Å². The largest absolute Gasteiger partial charge is 0.312 e. The van der Waals surface area contributed by atoms with Gasteiger partial charge in [0.1, 0.15) is 0 Å². The van der Waals surface area contributed by atoms with E-state index in [4.69, 9.17) is 0 Å². The van der Waals surface area contributed by atoms with Gasteiger partial charge in [0.25, 0.3) is 0 Å². The van der Waals surface area contributed by atoms with Gasteiger partial charge in [0.05, 0.1) is 0 Å². The molecular formula is C26H28N2O. The van der Waals surface area contributed by atoms with E-state index < -0.39 is 0 Å². The molecule has 148 valence electrons. The van der Waals surface area contributed by atoms with Crippen LogP contribution in [0.25, 0.3) is 10.8 Å². The van der Waals surface area contributed by atoms with Crippen LogP contribution in [0.5, 0.6) is 0 Å². The lowest BCUT2D eigenvalue weighted by molar-refractivity contribution is -0.123. The summed E-state index contributed by atoms with van der Waals surface area (Å²) in [4.78, 5) is 17.8. The summed E-state index contributed by atoms with van der Waals surface area (Å²) in [5.74, 6) is 0.492. The van der Waals surface area contributed by atoms with E-state index in [0.717, 1.165) is 57.5 Å². The Morgan fingerprint density at radius 2 is 1.62 bits per heavy atom. The van der Waals surface area contributed by atoms with Crippen molar-refractivity contribution in [2.24, 2.45) is 5.92 Å². The molecule has 2 aliphatic heterocycles. The van der Waals surface area contributed by atoms with E-state index in [1.165, 1.54) is 21.9 Å². The summed E-state index contributed by atoms with van der Waals surface area (Å²) in [5, 5.41) is 2.65. The highest BCUT2D eigenvalue weighted by Crippen LogP contribution is 2.31. The lowest BCUT2D eigenvalue weighted by atomic mass is 9.92. The summed E-state index contributed by atoms with van der Waals surface area (Å²) in [5.41, 5.74) is 3.85. The molecule has 5 rings (SSSR count). The number of hydrogen-bond donors (Lipinski definition) is 0. The van der Waals surface area contributed by atoms with E-state index in [1.807, 2.05) is 0 Å². The molecule has 0 atom stereocenters. The molecule has 0 saturated carbocycles. The Labute approximate surface area is 172 Å². The summed E-state index contributed by atoms with van der Waals surface area (Å²) >= 11 is 0. The van der Waals surface area contributed by atoms with Gasteiger partial charge < -0.3 is 4.90 Å². The molecule has 2 heterocycles. The fraction of sp³-hybridized carbons (Fsp3) is 0.346. The fourth-order valence-electron chi connectivity index (χ4n) is 4.99. The van der Waals surface area contributed by atoms with Crippen molar-refractivity contribution in [1.29, 1.82) is 0 Å². The molecule has 3 aromatic carbocycles. The molecule has 3 nitrogen and oxygen atoms in total. The third-order valence-electron chi connectivity index (χ3n) is 6.59. The Hall–Kier alpha value is -2.65. The first-order valence-corrected chi connectivity index (χ1v) is 10.9.